The molecular formula is C20H20F2O5. The van der Waals surface area contributed by atoms with Crippen LogP contribution in [0.3, 0.4) is 0 Å². The first-order valence-corrected chi connectivity index (χ1v) is 8.49. The lowest BCUT2D eigenvalue weighted by Gasteiger charge is -2.19. The highest BCUT2D eigenvalue weighted by molar-refractivity contribution is 5.94. The summed E-state index contributed by atoms with van der Waals surface area (Å²) in [6.45, 7) is 1.54. The van der Waals surface area contributed by atoms with Gasteiger partial charge in [0.15, 0.2) is 11.5 Å². The lowest BCUT2D eigenvalue weighted by Crippen LogP contribution is -2.09. The van der Waals surface area contributed by atoms with Crippen molar-refractivity contribution in [1.82, 2.24) is 0 Å². The molecule has 27 heavy (non-hydrogen) atoms. The molecule has 0 radical (unpaired) electrons. The summed E-state index contributed by atoms with van der Waals surface area (Å²) in [4.78, 5) is 11.7. The molecule has 5 nitrogen and oxygen atoms in total. The van der Waals surface area contributed by atoms with E-state index < -0.39 is 6.61 Å². The van der Waals surface area contributed by atoms with E-state index in [1.807, 2.05) is 19.9 Å². The second-order valence-electron chi connectivity index (χ2n) is 6.51. The predicted octanol–water partition coefficient (Wildman–Crippen LogP) is 4.67. The van der Waals surface area contributed by atoms with Crippen molar-refractivity contribution in [2.45, 2.75) is 27.1 Å². The molecule has 0 saturated heterocycles. The molecule has 0 bridgehead atoms. The Morgan fingerprint density at radius 1 is 1.11 bits per heavy atom. The molecule has 0 amide bonds. The highest BCUT2D eigenvalue weighted by atomic mass is 19.3. The van der Waals surface area contributed by atoms with Crippen molar-refractivity contribution < 1.29 is 32.5 Å². The van der Waals surface area contributed by atoms with Crippen LogP contribution >= 0.6 is 0 Å². The van der Waals surface area contributed by atoms with Gasteiger partial charge in [-0.25, -0.2) is 4.79 Å². The van der Waals surface area contributed by atoms with Gasteiger partial charge in [-0.2, -0.15) is 8.78 Å². The quantitative estimate of drug-likeness (QED) is 0.656. The summed E-state index contributed by atoms with van der Waals surface area (Å²) in [6.07, 6.45) is 0. The van der Waals surface area contributed by atoms with Gasteiger partial charge >= 0.3 is 12.6 Å². The van der Waals surface area contributed by atoms with E-state index in [0.29, 0.717) is 23.5 Å². The average molecular weight is 378 g/mol. The molecule has 144 valence electrons. The van der Waals surface area contributed by atoms with Gasteiger partial charge < -0.3 is 18.9 Å². The molecule has 2 aromatic rings. The van der Waals surface area contributed by atoms with E-state index in [0.717, 1.165) is 11.1 Å². The van der Waals surface area contributed by atoms with E-state index >= 15 is 0 Å². The minimum Gasteiger partial charge on any atom is -0.490 e. The Hall–Kier alpha value is -2.83. The molecule has 0 aliphatic carbocycles. The van der Waals surface area contributed by atoms with Gasteiger partial charge in [-0.3, -0.25) is 0 Å². The molecule has 0 fully saturated rings. The number of ether oxygens (including phenoxy) is 4. The third-order valence-electron chi connectivity index (χ3n) is 4.05. The first kappa shape index (κ1) is 18.9. The predicted molar refractivity (Wildman–Crippen MR) is 94.5 cm³/mol. The normalized spacial score (nSPS) is 12.9. The van der Waals surface area contributed by atoms with Crippen LogP contribution < -0.4 is 14.2 Å². The van der Waals surface area contributed by atoms with Gasteiger partial charge in [0.25, 0.3) is 0 Å². The fraction of sp³-hybridized carbons (Fsp3) is 0.350. The second kappa shape index (κ2) is 7.82. The summed E-state index contributed by atoms with van der Waals surface area (Å²) in [5, 5.41) is 0. The van der Waals surface area contributed by atoms with Crippen molar-refractivity contribution in [3.8, 4) is 28.4 Å². The molecule has 0 N–H and O–H groups in total. The van der Waals surface area contributed by atoms with Crippen molar-refractivity contribution in [2.75, 3.05) is 13.7 Å². The Kier molecular flexibility index (Phi) is 5.48. The Labute approximate surface area is 155 Å². The van der Waals surface area contributed by atoms with Crippen molar-refractivity contribution in [2.24, 2.45) is 5.92 Å². The van der Waals surface area contributed by atoms with Gasteiger partial charge in [-0.05, 0) is 35.7 Å². The molecule has 1 aliphatic heterocycles. The zero-order chi connectivity index (χ0) is 19.6. The number of halogens is 2. The molecule has 7 heteroatoms. The van der Waals surface area contributed by atoms with E-state index in [1.165, 1.54) is 13.2 Å². The summed E-state index contributed by atoms with van der Waals surface area (Å²) >= 11 is 0. The zero-order valence-corrected chi connectivity index (χ0v) is 15.3. The number of rotatable bonds is 7. The number of esters is 1. The third kappa shape index (κ3) is 3.97. The molecule has 0 unspecified atom stereocenters. The maximum Gasteiger partial charge on any atom is 0.387 e. The van der Waals surface area contributed by atoms with Crippen molar-refractivity contribution >= 4 is 5.97 Å². The van der Waals surface area contributed by atoms with Gasteiger partial charge in [0.2, 0.25) is 5.75 Å². The first-order valence-electron chi connectivity index (χ1n) is 8.49. The van der Waals surface area contributed by atoms with Crippen LogP contribution in [-0.4, -0.2) is 26.3 Å². The summed E-state index contributed by atoms with van der Waals surface area (Å²) in [5.41, 5.74) is 2.69. The molecule has 1 aliphatic rings. The van der Waals surface area contributed by atoms with E-state index in [-0.39, 0.29) is 30.0 Å². The molecular weight excluding hydrogens is 358 g/mol. The summed E-state index contributed by atoms with van der Waals surface area (Å²) in [7, 11) is 1.37. The lowest BCUT2D eigenvalue weighted by atomic mass is 9.99. The largest absolute Gasteiger partial charge is 0.490 e. The van der Waals surface area contributed by atoms with Crippen LogP contribution in [0.1, 0.15) is 29.8 Å². The maximum atomic E-state index is 12.7. The Bertz CT molecular complexity index is 849. The highest BCUT2D eigenvalue weighted by Gasteiger charge is 2.24. The summed E-state index contributed by atoms with van der Waals surface area (Å²) < 4.78 is 46.3. The average Bonchev–Trinajstić information content (AvgIpc) is 2.99. The Morgan fingerprint density at radius 3 is 2.52 bits per heavy atom. The molecule has 0 aromatic heterocycles. The monoisotopic (exact) mass is 378 g/mol. The van der Waals surface area contributed by atoms with Crippen molar-refractivity contribution in [3.63, 3.8) is 0 Å². The number of carbonyl (C=O) groups is 1. The van der Waals surface area contributed by atoms with E-state index in [9.17, 15) is 13.6 Å². The Morgan fingerprint density at radius 2 is 1.85 bits per heavy atom. The van der Waals surface area contributed by atoms with Gasteiger partial charge in [0.05, 0.1) is 19.3 Å². The molecule has 2 aromatic carbocycles. The van der Waals surface area contributed by atoms with Crippen LogP contribution in [0.4, 0.5) is 8.78 Å². The van der Waals surface area contributed by atoms with E-state index in [4.69, 9.17) is 14.2 Å². The Balaban J connectivity index is 2.09. The number of alkyl halides is 2. The van der Waals surface area contributed by atoms with Crippen LogP contribution in [-0.2, 0) is 11.3 Å². The standard InChI is InChI=1S/C20H20F2O5/c1-11(2)9-25-17-14(6-7-16(18(17)24-3)27-20(21)22)12-4-5-15-13(8-12)10-26-19(15)23/h4-8,11,20H,9-10H2,1-3H3. The number of hydrogen-bond acceptors (Lipinski definition) is 5. The number of cyclic esters (lactones) is 1. The SMILES string of the molecule is COc1c(OC(F)F)ccc(-c2ccc3c(c2)COC3=O)c1OCC(C)C. The molecule has 0 spiro atoms. The maximum absolute atomic E-state index is 12.7. The lowest BCUT2D eigenvalue weighted by molar-refractivity contribution is -0.0513. The number of hydrogen-bond donors (Lipinski definition) is 0. The molecule has 3 rings (SSSR count). The number of fused-ring (bicyclic) bond motifs is 1. The fourth-order valence-electron chi connectivity index (χ4n) is 2.85. The highest BCUT2D eigenvalue weighted by Crippen LogP contribution is 2.45. The van der Waals surface area contributed by atoms with Gasteiger partial charge in [0, 0.05) is 11.1 Å². The minimum atomic E-state index is -2.98. The zero-order valence-electron chi connectivity index (χ0n) is 15.3. The number of benzene rings is 2. The smallest absolute Gasteiger partial charge is 0.387 e. The van der Waals surface area contributed by atoms with Gasteiger partial charge in [0.1, 0.15) is 6.61 Å². The third-order valence-corrected chi connectivity index (χ3v) is 4.05. The summed E-state index contributed by atoms with van der Waals surface area (Å²) in [5.74, 6) is 0.171. The van der Waals surface area contributed by atoms with E-state index in [2.05, 4.69) is 4.74 Å². The molecule has 1 heterocycles. The van der Waals surface area contributed by atoms with Crippen LogP contribution in [0, 0.1) is 5.92 Å². The molecule has 0 saturated carbocycles. The number of methoxy groups -OCH3 is 1. The van der Waals surface area contributed by atoms with Crippen LogP contribution in [0.5, 0.6) is 17.2 Å². The van der Waals surface area contributed by atoms with Gasteiger partial charge in [-0.1, -0.05) is 19.9 Å². The van der Waals surface area contributed by atoms with Crippen molar-refractivity contribution in [1.29, 1.82) is 0 Å². The number of carbonyl (C=O) groups excluding carboxylic acids is 1. The van der Waals surface area contributed by atoms with Crippen LogP contribution in [0.15, 0.2) is 30.3 Å². The fourth-order valence-corrected chi connectivity index (χ4v) is 2.85. The molecule has 0 atom stereocenters. The van der Waals surface area contributed by atoms with Crippen molar-refractivity contribution in [3.05, 3.63) is 41.5 Å². The van der Waals surface area contributed by atoms with Crippen LogP contribution in [0.2, 0.25) is 0 Å². The van der Waals surface area contributed by atoms with Crippen LogP contribution in [0.25, 0.3) is 11.1 Å². The minimum absolute atomic E-state index is 0.0984. The van der Waals surface area contributed by atoms with Gasteiger partial charge in [-0.15, -0.1) is 0 Å². The summed E-state index contributed by atoms with van der Waals surface area (Å²) in [6, 6.07) is 8.32. The van der Waals surface area contributed by atoms with E-state index in [1.54, 1.807) is 18.2 Å². The topological polar surface area (TPSA) is 54.0 Å². The second-order valence-corrected chi connectivity index (χ2v) is 6.51. The first-order chi connectivity index (χ1) is 12.9.